The number of rotatable bonds is 7. The number of amides is 2. The molecule has 11 nitrogen and oxygen atoms in total. The van der Waals surface area contributed by atoms with Gasteiger partial charge in [0.2, 0.25) is 0 Å². The molecule has 0 unspecified atom stereocenters. The maximum atomic E-state index is 13.2. The van der Waals surface area contributed by atoms with Gasteiger partial charge in [-0.1, -0.05) is 20.8 Å². The zero-order valence-corrected chi connectivity index (χ0v) is 31.9. The molecule has 2 saturated heterocycles. The van der Waals surface area contributed by atoms with E-state index in [0.29, 0.717) is 17.9 Å². The highest BCUT2D eigenvalue weighted by molar-refractivity contribution is 6.34. The van der Waals surface area contributed by atoms with Crippen LogP contribution in [0.3, 0.4) is 0 Å². The molecule has 6 aliphatic heterocycles. The van der Waals surface area contributed by atoms with E-state index in [1.54, 1.807) is 0 Å². The first-order valence-electron chi connectivity index (χ1n) is 18.9. The summed E-state index contributed by atoms with van der Waals surface area (Å²) in [6, 6.07) is 4.19. The molecule has 11 heteroatoms. The third-order valence-electron chi connectivity index (χ3n) is 11.8. The van der Waals surface area contributed by atoms with Crippen LogP contribution in [0, 0.1) is 11.8 Å². The van der Waals surface area contributed by atoms with E-state index in [9.17, 15) is 19.5 Å². The molecule has 1 aromatic heterocycles. The van der Waals surface area contributed by atoms with Gasteiger partial charge in [0.1, 0.15) is 12.8 Å². The molecule has 2 fully saturated rings. The summed E-state index contributed by atoms with van der Waals surface area (Å²) in [7, 11) is 1.99. The number of nitrogens with one attached hydrogen (secondary N) is 1. The number of allylic oxidation sites excluding steroid dienone is 12. The van der Waals surface area contributed by atoms with Crippen LogP contribution in [-0.2, 0) is 26.3 Å². The van der Waals surface area contributed by atoms with Crippen molar-refractivity contribution in [3.8, 4) is 0 Å². The number of carbonyl (C=O) groups is 3. The van der Waals surface area contributed by atoms with Gasteiger partial charge in [-0.05, 0) is 85.6 Å². The van der Waals surface area contributed by atoms with E-state index in [1.807, 2.05) is 37.0 Å². The lowest BCUT2D eigenvalue weighted by Crippen LogP contribution is -2.32. The monoisotopic (exact) mass is 725 g/mol. The van der Waals surface area contributed by atoms with Crippen LogP contribution in [0.25, 0.3) is 5.57 Å². The van der Waals surface area contributed by atoms with E-state index in [2.05, 4.69) is 58.1 Å². The Bertz CT molecular complexity index is 2320. The minimum Gasteiger partial charge on any atom is -0.511 e. The number of aliphatic hydroxyl groups is 1. The van der Waals surface area contributed by atoms with Crippen LogP contribution in [0.15, 0.2) is 125 Å². The fraction of sp³-hybridized carbons (Fsp3) is 0.372. The number of carbonyl (C=O) groups excluding carboxylic acids is 3. The SMILES string of the molecule is CCC1=C(C)C2=NC1=CC1=C(C)C3=C(O)CC(=C4NC(=C(c5cc[n+](C)cc5)C5=NC(=C2)C(CC)=C5C)[C@@H](C)[C@@H]4CCC(=O)ON2C(=O)CCC2=O)C3=N1. The average Bonchev–Trinajstić information content (AvgIpc) is 3.96. The molecule has 0 radical (unpaired) electrons. The molecule has 8 bridgehead atoms. The maximum Gasteiger partial charge on any atom is 0.333 e. The number of fused-ring (bicyclic) bond motifs is 5. The second kappa shape index (κ2) is 13.3. The number of nitrogens with zero attached hydrogens (tertiary/aromatic N) is 5. The quantitative estimate of drug-likeness (QED) is 0.234. The van der Waals surface area contributed by atoms with Crippen LogP contribution >= 0.6 is 0 Å². The number of aryl methyl sites for hydroxylation is 1. The smallest absolute Gasteiger partial charge is 0.333 e. The first kappa shape index (κ1) is 35.3. The van der Waals surface area contributed by atoms with E-state index in [4.69, 9.17) is 19.8 Å². The fourth-order valence-corrected chi connectivity index (χ4v) is 8.80. The number of hydrogen-bond acceptors (Lipinski definition) is 9. The van der Waals surface area contributed by atoms with Gasteiger partial charge in [0, 0.05) is 77.8 Å². The van der Waals surface area contributed by atoms with Gasteiger partial charge in [-0.3, -0.25) is 9.59 Å². The highest BCUT2D eigenvalue weighted by Crippen LogP contribution is 2.48. The number of aliphatic imine (C=N–C) groups is 3. The second-order valence-corrected chi connectivity index (χ2v) is 14.9. The minimum absolute atomic E-state index is 0.0278. The Hall–Kier alpha value is -5.71. The van der Waals surface area contributed by atoms with E-state index < -0.39 is 17.8 Å². The molecule has 1 aromatic rings. The molecule has 0 spiro atoms. The Morgan fingerprint density at radius 2 is 1.57 bits per heavy atom. The van der Waals surface area contributed by atoms with E-state index in [1.165, 1.54) is 0 Å². The summed E-state index contributed by atoms with van der Waals surface area (Å²) in [5, 5.41) is 16.0. The summed E-state index contributed by atoms with van der Waals surface area (Å²) in [4.78, 5) is 58.7. The topological polar surface area (TPSA) is 137 Å². The molecule has 2 atom stereocenters. The Morgan fingerprint density at radius 3 is 2.26 bits per heavy atom. The van der Waals surface area contributed by atoms with Crippen molar-refractivity contribution in [2.24, 2.45) is 33.9 Å². The Kier molecular flexibility index (Phi) is 8.70. The third-order valence-corrected chi connectivity index (χ3v) is 11.8. The zero-order chi connectivity index (χ0) is 38.2. The first-order chi connectivity index (χ1) is 25.9. The van der Waals surface area contributed by atoms with Gasteiger partial charge < -0.3 is 15.3 Å². The predicted octanol–water partition coefficient (Wildman–Crippen LogP) is 6.81. The standard InChI is InChI=1S/C43H44N6O5/c1-8-26-21(3)30-19-33-27(9-2)22(4)40(46-33)39(25-14-16-48(7)17-15-25)41-23(5)28(10-13-37(53)54-49-35(51)11-12-36(49)52)42(47-41)29-18-34(50)38-24(6)31(45-43(29)38)20-32(26)44-30/h14-17,19-20,23,28H,8-13,18H2,1-7H3,(H,44,45,46,50)/p+1/t23-,28-/m0/s1. The molecule has 276 valence electrons. The van der Waals surface area contributed by atoms with Crippen LogP contribution in [0.5, 0.6) is 0 Å². The fourth-order valence-electron chi connectivity index (χ4n) is 8.80. The second-order valence-electron chi connectivity index (χ2n) is 14.9. The van der Waals surface area contributed by atoms with Gasteiger partial charge in [0.25, 0.3) is 11.8 Å². The predicted molar refractivity (Wildman–Crippen MR) is 205 cm³/mol. The molecule has 2 amide bonds. The van der Waals surface area contributed by atoms with E-state index in [0.717, 1.165) is 109 Å². The molecule has 0 saturated carbocycles. The van der Waals surface area contributed by atoms with Crippen molar-refractivity contribution in [1.82, 2.24) is 10.4 Å². The normalized spacial score (nSPS) is 23.6. The van der Waals surface area contributed by atoms with Crippen molar-refractivity contribution < 1.29 is 28.9 Å². The molecule has 1 aliphatic carbocycles. The van der Waals surface area contributed by atoms with Gasteiger partial charge in [0.05, 0.1) is 34.2 Å². The Labute approximate surface area is 315 Å². The van der Waals surface area contributed by atoms with Crippen molar-refractivity contribution in [3.05, 3.63) is 115 Å². The summed E-state index contributed by atoms with van der Waals surface area (Å²) < 4.78 is 2.00. The van der Waals surface area contributed by atoms with Gasteiger partial charge in [0.15, 0.2) is 12.4 Å². The zero-order valence-electron chi connectivity index (χ0n) is 31.9. The van der Waals surface area contributed by atoms with E-state index in [-0.39, 0.29) is 36.9 Å². The van der Waals surface area contributed by atoms with Gasteiger partial charge in [-0.25, -0.2) is 24.3 Å². The number of imide groups is 1. The van der Waals surface area contributed by atoms with Crippen molar-refractivity contribution >= 4 is 40.5 Å². The molecule has 2 N–H and O–H groups in total. The largest absolute Gasteiger partial charge is 0.511 e. The van der Waals surface area contributed by atoms with Gasteiger partial charge >= 0.3 is 5.97 Å². The number of aliphatic hydroxyl groups excluding tert-OH is 1. The lowest BCUT2D eigenvalue weighted by molar-refractivity contribution is -0.671. The molecule has 8 rings (SSSR count). The summed E-state index contributed by atoms with van der Waals surface area (Å²) in [6.45, 7) is 12.7. The van der Waals surface area contributed by atoms with Crippen molar-refractivity contribution in [2.75, 3.05) is 0 Å². The maximum absolute atomic E-state index is 13.2. The molecule has 0 aromatic carbocycles. The van der Waals surface area contributed by atoms with Crippen molar-refractivity contribution in [3.63, 3.8) is 0 Å². The van der Waals surface area contributed by atoms with Crippen LogP contribution in [0.1, 0.15) is 92.1 Å². The van der Waals surface area contributed by atoms with Crippen molar-refractivity contribution in [2.45, 2.75) is 86.5 Å². The van der Waals surface area contributed by atoms with Crippen LogP contribution in [-0.4, -0.2) is 45.1 Å². The Balaban J connectivity index is 1.34. The summed E-state index contributed by atoms with van der Waals surface area (Å²) >= 11 is 0. The van der Waals surface area contributed by atoms with Crippen LogP contribution < -0.4 is 9.88 Å². The Morgan fingerprint density at radius 1 is 0.907 bits per heavy atom. The summed E-state index contributed by atoms with van der Waals surface area (Å²) in [5.74, 6) is -1.76. The highest BCUT2D eigenvalue weighted by atomic mass is 16.7. The average molecular weight is 726 g/mol. The summed E-state index contributed by atoms with van der Waals surface area (Å²) in [6.07, 6.45) is 10.5. The molecule has 54 heavy (non-hydrogen) atoms. The lowest BCUT2D eigenvalue weighted by Gasteiger charge is -2.19. The third kappa shape index (κ3) is 5.59. The van der Waals surface area contributed by atoms with Crippen LogP contribution in [0.4, 0.5) is 0 Å². The molecule has 7 heterocycles. The van der Waals surface area contributed by atoms with Gasteiger partial charge in [-0.15, -0.1) is 5.06 Å². The number of pyridine rings is 1. The van der Waals surface area contributed by atoms with E-state index >= 15 is 0 Å². The molecular weight excluding hydrogens is 681 g/mol. The lowest BCUT2D eigenvalue weighted by atomic mass is 9.83. The van der Waals surface area contributed by atoms with Crippen molar-refractivity contribution in [1.29, 1.82) is 0 Å². The van der Waals surface area contributed by atoms with Gasteiger partial charge in [-0.2, -0.15) is 0 Å². The van der Waals surface area contributed by atoms with Crippen LogP contribution in [0.2, 0.25) is 0 Å². The molecule has 7 aliphatic rings. The first-order valence-corrected chi connectivity index (χ1v) is 18.9. The highest BCUT2D eigenvalue weighted by Gasteiger charge is 2.43. The summed E-state index contributed by atoms with van der Waals surface area (Å²) in [5.41, 5.74) is 15.8. The molecular formula is C43H45N6O5+. The minimum atomic E-state index is -0.646. The number of hydroxylamine groups is 2. The number of hydrogen-bond donors (Lipinski definition) is 2. The number of aromatic nitrogens is 1.